The number of aliphatic hydroxyl groups excluding tert-OH is 1. The summed E-state index contributed by atoms with van der Waals surface area (Å²) < 4.78 is 0. The highest BCUT2D eigenvalue weighted by Gasteiger charge is 2.25. The highest BCUT2D eigenvalue weighted by molar-refractivity contribution is 5.99. The van der Waals surface area contributed by atoms with E-state index in [1.807, 2.05) is 0 Å². The van der Waals surface area contributed by atoms with Crippen molar-refractivity contribution in [3.05, 3.63) is 23.8 Å². The number of nitrogens with two attached hydrogens (primary N) is 2. The first-order valence-corrected chi connectivity index (χ1v) is 6.22. The van der Waals surface area contributed by atoms with E-state index in [4.69, 9.17) is 11.5 Å². The number of nitrogens with one attached hydrogen (secondary N) is 1. The number of carbonyl (C=O) groups excluding carboxylic acids is 1. The molecule has 1 aromatic rings. The summed E-state index contributed by atoms with van der Waals surface area (Å²) in [5.41, 5.74) is 12.6. The second-order valence-electron chi connectivity index (χ2n) is 4.78. The Balaban J connectivity index is 2.07. The maximum absolute atomic E-state index is 12.0. The van der Waals surface area contributed by atoms with Crippen LogP contribution in [0, 0.1) is 0 Å². The molecular weight excluding hydrogens is 230 g/mol. The first-order valence-electron chi connectivity index (χ1n) is 6.22. The van der Waals surface area contributed by atoms with Crippen LogP contribution in [0.15, 0.2) is 18.2 Å². The van der Waals surface area contributed by atoms with Crippen molar-refractivity contribution in [1.29, 1.82) is 0 Å². The number of nitrogen functional groups attached to an aromatic ring is 2. The fraction of sp³-hybridized carbons (Fsp3) is 0.462. The van der Waals surface area contributed by atoms with Crippen LogP contribution in [0.2, 0.25) is 0 Å². The first kappa shape index (κ1) is 12.7. The van der Waals surface area contributed by atoms with Crippen LogP contribution in [0.3, 0.4) is 0 Å². The molecule has 1 aliphatic rings. The molecule has 98 valence electrons. The van der Waals surface area contributed by atoms with Crippen LogP contribution in [0.25, 0.3) is 0 Å². The van der Waals surface area contributed by atoms with Crippen molar-refractivity contribution in [3.63, 3.8) is 0 Å². The van der Waals surface area contributed by atoms with E-state index in [0.717, 1.165) is 25.7 Å². The third-order valence-corrected chi connectivity index (χ3v) is 3.37. The largest absolute Gasteiger partial charge is 0.399 e. The van der Waals surface area contributed by atoms with Gasteiger partial charge in [-0.1, -0.05) is 12.8 Å². The molecule has 1 aromatic carbocycles. The van der Waals surface area contributed by atoms with E-state index in [9.17, 15) is 9.90 Å². The zero-order valence-electron chi connectivity index (χ0n) is 10.2. The Labute approximate surface area is 106 Å². The minimum Gasteiger partial charge on any atom is -0.399 e. The van der Waals surface area contributed by atoms with E-state index in [-0.39, 0.29) is 11.9 Å². The minimum atomic E-state index is -0.460. The van der Waals surface area contributed by atoms with Gasteiger partial charge in [-0.3, -0.25) is 4.79 Å². The summed E-state index contributed by atoms with van der Waals surface area (Å²) in [5.74, 6) is -0.251. The normalized spacial score (nSPS) is 23.6. The summed E-state index contributed by atoms with van der Waals surface area (Å²) in [6, 6.07) is 4.63. The molecule has 18 heavy (non-hydrogen) atoms. The van der Waals surface area contributed by atoms with E-state index in [1.54, 1.807) is 18.2 Å². The molecule has 0 aromatic heterocycles. The molecule has 2 rings (SSSR count). The Hall–Kier alpha value is -1.75. The quantitative estimate of drug-likeness (QED) is 0.584. The van der Waals surface area contributed by atoms with Gasteiger partial charge in [-0.25, -0.2) is 0 Å². The van der Waals surface area contributed by atoms with Crippen molar-refractivity contribution in [2.45, 2.75) is 37.8 Å². The first-order chi connectivity index (χ1) is 8.58. The molecule has 0 spiro atoms. The maximum atomic E-state index is 12.0. The molecule has 5 nitrogen and oxygen atoms in total. The van der Waals surface area contributed by atoms with Crippen LogP contribution in [-0.2, 0) is 0 Å². The van der Waals surface area contributed by atoms with Crippen molar-refractivity contribution in [1.82, 2.24) is 5.32 Å². The predicted molar refractivity (Wildman–Crippen MR) is 71.0 cm³/mol. The molecule has 5 heteroatoms. The van der Waals surface area contributed by atoms with Gasteiger partial charge in [0.15, 0.2) is 0 Å². The highest BCUT2D eigenvalue weighted by atomic mass is 16.3. The zero-order valence-corrected chi connectivity index (χ0v) is 10.2. The summed E-state index contributed by atoms with van der Waals surface area (Å²) >= 11 is 0. The number of aliphatic hydroxyl groups is 1. The summed E-state index contributed by atoms with van der Waals surface area (Å²) in [7, 11) is 0. The van der Waals surface area contributed by atoms with Crippen molar-refractivity contribution in [2.75, 3.05) is 11.5 Å². The summed E-state index contributed by atoms with van der Waals surface area (Å²) in [4.78, 5) is 12.0. The SMILES string of the molecule is Nc1ccc(C(=O)N[C@@H]2CCCC[C@H]2O)c(N)c1. The number of rotatable bonds is 2. The monoisotopic (exact) mass is 249 g/mol. The van der Waals surface area contributed by atoms with Gasteiger partial charge in [0.2, 0.25) is 0 Å². The molecule has 0 bridgehead atoms. The van der Waals surface area contributed by atoms with E-state index < -0.39 is 6.10 Å². The van der Waals surface area contributed by atoms with E-state index >= 15 is 0 Å². The molecule has 0 radical (unpaired) electrons. The molecule has 0 unspecified atom stereocenters. The van der Waals surface area contributed by atoms with Gasteiger partial charge >= 0.3 is 0 Å². The maximum Gasteiger partial charge on any atom is 0.253 e. The Morgan fingerprint density at radius 2 is 2.00 bits per heavy atom. The Bertz CT molecular complexity index is 448. The molecule has 1 aliphatic carbocycles. The second kappa shape index (κ2) is 5.27. The van der Waals surface area contributed by atoms with Gasteiger partial charge in [0.1, 0.15) is 0 Å². The van der Waals surface area contributed by atoms with Crippen molar-refractivity contribution in [2.24, 2.45) is 0 Å². The van der Waals surface area contributed by atoms with Crippen LogP contribution in [0.5, 0.6) is 0 Å². The summed E-state index contributed by atoms with van der Waals surface area (Å²) in [6.45, 7) is 0. The highest BCUT2D eigenvalue weighted by Crippen LogP contribution is 2.20. The third kappa shape index (κ3) is 2.73. The zero-order chi connectivity index (χ0) is 13.1. The number of hydrogen-bond donors (Lipinski definition) is 4. The lowest BCUT2D eigenvalue weighted by atomic mass is 9.92. The predicted octanol–water partition coefficient (Wildman–Crippen LogP) is 0.884. The molecule has 1 fully saturated rings. The van der Waals surface area contributed by atoms with Crippen molar-refractivity contribution in [3.8, 4) is 0 Å². The minimum absolute atomic E-state index is 0.178. The smallest absolute Gasteiger partial charge is 0.253 e. The molecule has 0 heterocycles. The van der Waals surface area contributed by atoms with Gasteiger partial charge in [-0.15, -0.1) is 0 Å². The lowest BCUT2D eigenvalue weighted by Gasteiger charge is -2.28. The van der Waals surface area contributed by atoms with E-state index in [0.29, 0.717) is 16.9 Å². The van der Waals surface area contributed by atoms with Crippen LogP contribution in [-0.4, -0.2) is 23.2 Å². The molecule has 6 N–H and O–H groups in total. The second-order valence-corrected chi connectivity index (χ2v) is 4.78. The van der Waals surface area contributed by atoms with Crippen LogP contribution < -0.4 is 16.8 Å². The number of hydrogen-bond acceptors (Lipinski definition) is 4. The number of amides is 1. The van der Waals surface area contributed by atoms with Gasteiger partial charge in [0.05, 0.1) is 17.7 Å². The average Bonchev–Trinajstić information content (AvgIpc) is 2.32. The average molecular weight is 249 g/mol. The number of benzene rings is 1. The lowest BCUT2D eigenvalue weighted by molar-refractivity contribution is 0.0718. The fourth-order valence-electron chi connectivity index (χ4n) is 2.31. The molecule has 1 saturated carbocycles. The molecular formula is C13H19N3O2. The Morgan fingerprint density at radius 1 is 1.28 bits per heavy atom. The molecule has 0 saturated heterocycles. The van der Waals surface area contributed by atoms with Gasteiger partial charge in [-0.2, -0.15) is 0 Å². The summed E-state index contributed by atoms with van der Waals surface area (Å²) in [6.07, 6.45) is 3.12. The van der Waals surface area contributed by atoms with Gasteiger partial charge in [-0.05, 0) is 31.0 Å². The molecule has 2 atom stereocenters. The lowest BCUT2D eigenvalue weighted by Crippen LogP contribution is -2.45. The molecule has 1 amide bonds. The van der Waals surface area contributed by atoms with Crippen LogP contribution >= 0.6 is 0 Å². The van der Waals surface area contributed by atoms with Gasteiger partial charge in [0, 0.05) is 11.4 Å². The van der Waals surface area contributed by atoms with Crippen molar-refractivity contribution >= 4 is 17.3 Å². The van der Waals surface area contributed by atoms with Crippen LogP contribution in [0.1, 0.15) is 36.0 Å². The Kier molecular flexibility index (Phi) is 3.72. The standard InChI is InChI=1S/C13H19N3O2/c14-8-5-6-9(10(15)7-8)13(18)16-11-3-1-2-4-12(11)17/h5-7,11-12,17H,1-4,14-15H2,(H,16,18)/t11-,12-/m1/s1. The van der Waals surface area contributed by atoms with Gasteiger partial charge < -0.3 is 21.9 Å². The van der Waals surface area contributed by atoms with Crippen molar-refractivity contribution < 1.29 is 9.90 Å². The molecule has 0 aliphatic heterocycles. The number of carbonyl (C=O) groups is 1. The fourth-order valence-corrected chi connectivity index (χ4v) is 2.31. The van der Waals surface area contributed by atoms with Crippen LogP contribution in [0.4, 0.5) is 11.4 Å². The Morgan fingerprint density at radius 3 is 2.67 bits per heavy atom. The number of anilines is 2. The van der Waals surface area contributed by atoms with Gasteiger partial charge in [0.25, 0.3) is 5.91 Å². The topological polar surface area (TPSA) is 101 Å². The van der Waals surface area contributed by atoms with E-state index in [1.165, 1.54) is 0 Å². The van der Waals surface area contributed by atoms with E-state index in [2.05, 4.69) is 5.32 Å². The third-order valence-electron chi connectivity index (χ3n) is 3.37. The summed E-state index contributed by atoms with van der Waals surface area (Å²) in [5, 5.41) is 12.6.